The summed E-state index contributed by atoms with van der Waals surface area (Å²) >= 11 is 0. The summed E-state index contributed by atoms with van der Waals surface area (Å²) in [4.78, 5) is 0. The van der Waals surface area contributed by atoms with Crippen molar-refractivity contribution in [2.75, 3.05) is 0 Å². The minimum Gasteiger partial charge on any atom is -0.197 e. The third-order valence-electron chi connectivity index (χ3n) is 4.59. The van der Waals surface area contributed by atoms with Crippen LogP contribution in [0, 0.1) is 6.92 Å². The number of fused-ring (bicyclic) bond motifs is 1. The van der Waals surface area contributed by atoms with E-state index in [1.54, 1.807) is 0 Å². The van der Waals surface area contributed by atoms with E-state index < -0.39 is 0 Å². The lowest BCUT2D eigenvalue weighted by Crippen LogP contribution is -1.93. The van der Waals surface area contributed by atoms with Crippen molar-refractivity contribution in [3.05, 3.63) is 71.8 Å². The molecule has 1 aromatic heterocycles. The van der Waals surface area contributed by atoms with Crippen LogP contribution in [-0.2, 0) is 6.42 Å². The Hall–Kier alpha value is -2.94. The molecular weight excluding hydrogens is 294 g/mol. The number of H-pyrrole nitrogens is 1. The van der Waals surface area contributed by atoms with Gasteiger partial charge in [0.05, 0.1) is 0 Å². The third-order valence-corrected chi connectivity index (χ3v) is 4.59. The van der Waals surface area contributed by atoms with Gasteiger partial charge in [0.25, 0.3) is 0 Å². The molecule has 0 radical (unpaired) electrons. The summed E-state index contributed by atoms with van der Waals surface area (Å²) in [7, 11) is 0. The monoisotopic (exact) mass is 313 g/mol. The number of hydrogen-bond acceptors (Lipinski definition) is 2. The highest BCUT2D eigenvalue weighted by Crippen LogP contribution is 2.39. The lowest BCUT2D eigenvalue weighted by Gasteiger charge is -2.15. The van der Waals surface area contributed by atoms with Gasteiger partial charge in [-0.15, -0.1) is 0 Å². The maximum atomic E-state index is 4.45. The quantitative estimate of drug-likeness (QED) is 0.567. The lowest BCUT2D eigenvalue weighted by atomic mass is 9.88. The summed E-state index contributed by atoms with van der Waals surface area (Å²) in [6.45, 7) is 4.34. The van der Waals surface area contributed by atoms with Gasteiger partial charge in [-0.3, -0.25) is 0 Å². The number of nitrogens with one attached hydrogen (secondary N) is 1. The first-order valence-electron chi connectivity index (χ1n) is 8.27. The van der Waals surface area contributed by atoms with Gasteiger partial charge >= 0.3 is 0 Å². The van der Waals surface area contributed by atoms with Gasteiger partial charge in [-0.25, -0.2) is 0 Å². The molecule has 3 heteroatoms. The second kappa shape index (κ2) is 5.93. The van der Waals surface area contributed by atoms with E-state index >= 15 is 0 Å². The van der Waals surface area contributed by atoms with E-state index in [2.05, 4.69) is 83.9 Å². The number of aryl methyl sites for hydroxylation is 2. The molecule has 3 nitrogen and oxygen atoms in total. The van der Waals surface area contributed by atoms with Crippen LogP contribution in [0.5, 0.6) is 0 Å². The molecule has 0 fully saturated rings. The normalized spacial score (nSPS) is 11.1. The van der Waals surface area contributed by atoms with E-state index in [9.17, 15) is 0 Å². The van der Waals surface area contributed by atoms with Gasteiger partial charge < -0.3 is 0 Å². The molecule has 118 valence electrons. The predicted octanol–water partition coefficient (Wildman–Crippen LogP) is 5.16. The fourth-order valence-corrected chi connectivity index (χ4v) is 3.36. The number of benzene rings is 3. The first kappa shape index (κ1) is 14.6. The number of aromatic amines is 1. The minimum atomic E-state index is 0.897. The Bertz CT molecular complexity index is 1010. The SMILES string of the molecule is CCc1ccccc1-c1c(-c2ccccc2C)ccc2n[nH]nc12. The van der Waals surface area contributed by atoms with Crippen molar-refractivity contribution in [1.82, 2.24) is 15.4 Å². The Morgan fingerprint density at radius 2 is 1.54 bits per heavy atom. The summed E-state index contributed by atoms with van der Waals surface area (Å²) in [5, 5.41) is 11.5. The summed E-state index contributed by atoms with van der Waals surface area (Å²) < 4.78 is 0. The lowest BCUT2D eigenvalue weighted by molar-refractivity contribution is 0.959. The Morgan fingerprint density at radius 1 is 0.792 bits per heavy atom. The zero-order valence-electron chi connectivity index (χ0n) is 13.9. The van der Waals surface area contributed by atoms with E-state index in [1.807, 2.05) is 6.07 Å². The average molecular weight is 313 g/mol. The molecule has 0 saturated carbocycles. The second-order valence-corrected chi connectivity index (χ2v) is 6.01. The highest BCUT2D eigenvalue weighted by molar-refractivity contribution is 6.01. The molecule has 0 aliphatic rings. The molecule has 0 bridgehead atoms. The first-order valence-corrected chi connectivity index (χ1v) is 8.27. The molecule has 1 N–H and O–H groups in total. The van der Waals surface area contributed by atoms with Gasteiger partial charge in [-0.05, 0) is 47.2 Å². The van der Waals surface area contributed by atoms with E-state index in [0.29, 0.717) is 0 Å². The van der Waals surface area contributed by atoms with Crippen molar-refractivity contribution in [2.24, 2.45) is 0 Å². The van der Waals surface area contributed by atoms with Crippen molar-refractivity contribution in [3.8, 4) is 22.3 Å². The number of rotatable bonds is 3. The van der Waals surface area contributed by atoms with Crippen LogP contribution in [0.15, 0.2) is 60.7 Å². The second-order valence-electron chi connectivity index (χ2n) is 6.01. The fraction of sp³-hybridized carbons (Fsp3) is 0.143. The summed E-state index contributed by atoms with van der Waals surface area (Å²) in [6.07, 6.45) is 0.984. The minimum absolute atomic E-state index is 0.897. The summed E-state index contributed by atoms with van der Waals surface area (Å²) in [5.74, 6) is 0. The molecule has 0 spiro atoms. The molecule has 0 amide bonds. The van der Waals surface area contributed by atoms with Gasteiger partial charge in [0.15, 0.2) is 0 Å². The van der Waals surface area contributed by atoms with Gasteiger partial charge in [0.2, 0.25) is 0 Å². The van der Waals surface area contributed by atoms with E-state index in [0.717, 1.165) is 23.0 Å². The Morgan fingerprint density at radius 3 is 2.33 bits per heavy atom. The Balaban J connectivity index is 2.11. The van der Waals surface area contributed by atoms with Crippen LogP contribution in [0.4, 0.5) is 0 Å². The van der Waals surface area contributed by atoms with E-state index in [4.69, 9.17) is 0 Å². The van der Waals surface area contributed by atoms with Gasteiger partial charge in [-0.1, -0.05) is 61.5 Å². The maximum Gasteiger partial charge on any atom is 0.121 e. The van der Waals surface area contributed by atoms with Crippen LogP contribution in [0.25, 0.3) is 33.3 Å². The standard InChI is InChI=1S/C21H19N3/c1-3-15-9-5-7-11-17(15)20-18(16-10-6-4-8-14(16)2)12-13-19-21(20)23-24-22-19/h4-13H,3H2,1-2H3,(H,22,23,24). The molecular formula is C21H19N3. The number of nitrogens with zero attached hydrogens (tertiary/aromatic N) is 2. The third kappa shape index (κ3) is 2.29. The summed E-state index contributed by atoms with van der Waals surface area (Å²) in [5.41, 5.74) is 9.24. The zero-order valence-corrected chi connectivity index (χ0v) is 13.9. The van der Waals surface area contributed by atoms with E-state index in [1.165, 1.54) is 27.8 Å². The average Bonchev–Trinajstić information content (AvgIpc) is 3.10. The van der Waals surface area contributed by atoms with Crippen LogP contribution in [0.2, 0.25) is 0 Å². The summed E-state index contributed by atoms with van der Waals surface area (Å²) in [6, 6.07) is 21.3. The van der Waals surface area contributed by atoms with Crippen molar-refractivity contribution >= 4 is 11.0 Å². The number of aromatic nitrogens is 3. The van der Waals surface area contributed by atoms with Crippen LogP contribution in [0.1, 0.15) is 18.1 Å². The van der Waals surface area contributed by atoms with Crippen molar-refractivity contribution in [2.45, 2.75) is 20.3 Å². The highest BCUT2D eigenvalue weighted by Gasteiger charge is 2.17. The predicted molar refractivity (Wildman–Crippen MR) is 98.9 cm³/mol. The molecule has 1 heterocycles. The van der Waals surface area contributed by atoms with Crippen molar-refractivity contribution in [3.63, 3.8) is 0 Å². The largest absolute Gasteiger partial charge is 0.197 e. The Kier molecular flexibility index (Phi) is 3.62. The molecule has 24 heavy (non-hydrogen) atoms. The molecule has 0 atom stereocenters. The number of hydrogen-bond donors (Lipinski definition) is 1. The molecule has 4 aromatic rings. The molecule has 0 saturated heterocycles. The highest BCUT2D eigenvalue weighted by atomic mass is 15.3. The van der Waals surface area contributed by atoms with Gasteiger partial charge in [0.1, 0.15) is 11.0 Å². The van der Waals surface area contributed by atoms with Crippen molar-refractivity contribution in [1.29, 1.82) is 0 Å². The van der Waals surface area contributed by atoms with Gasteiger partial charge in [0, 0.05) is 5.56 Å². The van der Waals surface area contributed by atoms with Crippen molar-refractivity contribution < 1.29 is 0 Å². The fourth-order valence-electron chi connectivity index (χ4n) is 3.36. The van der Waals surface area contributed by atoms with Crippen LogP contribution in [-0.4, -0.2) is 15.4 Å². The van der Waals surface area contributed by atoms with Gasteiger partial charge in [-0.2, -0.15) is 15.4 Å². The molecule has 0 aliphatic carbocycles. The smallest absolute Gasteiger partial charge is 0.121 e. The maximum absolute atomic E-state index is 4.45. The zero-order chi connectivity index (χ0) is 16.5. The van der Waals surface area contributed by atoms with Crippen LogP contribution >= 0.6 is 0 Å². The Labute approximate surface area is 141 Å². The molecule has 0 aliphatic heterocycles. The molecule has 3 aromatic carbocycles. The van der Waals surface area contributed by atoms with E-state index in [-0.39, 0.29) is 0 Å². The first-order chi connectivity index (χ1) is 11.8. The van der Waals surface area contributed by atoms with Crippen LogP contribution < -0.4 is 0 Å². The molecule has 4 rings (SSSR count). The van der Waals surface area contributed by atoms with Crippen LogP contribution in [0.3, 0.4) is 0 Å². The molecule has 0 unspecified atom stereocenters. The topological polar surface area (TPSA) is 41.6 Å².